The minimum Gasteiger partial charge on any atom is -0.481 e. The molecule has 2 aromatic carbocycles. The van der Waals surface area contributed by atoms with Crippen LogP contribution in [0.25, 0.3) is 0 Å². The molecule has 0 fully saturated rings. The number of carboxylic acid groups (broad SMARTS) is 1. The summed E-state index contributed by atoms with van der Waals surface area (Å²) >= 11 is 1.40. The quantitative estimate of drug-likeness (QED) is 0.323. The number of sulfonamides is 1. The molecule has 0 aliphatic carbocycles. The zero-order valence-corrected chi connectivity index (χ0v) is 15.6. The molecule has 2 aromatic rings. The van der Waals surface area contributed by atoms with Gasteiger partial charge in [-0.05, 0) is 24.3 Å². The number of benzene rings is 2. The molecule has 0 spiro atoms. The van der Waals surface area contributed by atoms with Crippen molar-refractivity contribution in [1.29, 1.82) is 0 Å². The normalized spacial score (nSPS) is 12.3. The van der Waals surface area contributed by atoms with Crippen LogP contribution in [0.5, 0.6) is 0 Å². The summed E-state index contributed by atoms with van der Waals surface area (Å²) in [5, 5.41) is 28.2. The number of rotatable bonds is 9. The molecule has 0 aromatic heterocycles. The first-order valence-electron chi connectivity index (χ1n) is 7.64. The van der Waals surface area contributed by atoms with Crippen LogP contribution in [-0.4, -0.2) is 36.2 Å². The molecule has 0 radical (unpaired) electrons. The van der Waals surface area contributed by atoms with Gasteiger partial charge in [-0.1, -0.05) is 18.2 Å². The van der Waals surface area contributed by atoms with E-state index in [1.54, 1.807) is 0 Å². The second kappa shape index (κ2) is 8.84. The Morgan fingerprint density at radius 1 is 1.26 bits per heavy atom. The van der Waals surface area contributed by atoms with Gasteiger partial charge in [0.05, 0.1) is 16.2 Å². The molecule has 0 amide bonds. The van der Waals surface area contributed by atoms with Crippen molar-refractivity contribution < 1.29 is 23.2 Å². The Kier molecular flexibility index (Phi) is 6.77. The maximum absolute atomic E-state index is 11.4. The van der Waals surface area contributed by atoms with E-state index in [0.29, 0.717) is 5.75 Å². The third kappa shape index (κ3) is 6.24. The van der Waals surface area contributed by atoms with Crippen molar-refractivity contribution >= 4 is 39.1 Å². The molecule has 0 aliphatic heterocycles. The maximum atomic E-state index is 11.4. The Bertz CT molecular complexity index is 934. The van der Waals surface area contributed by atoms with Crippen molar-refractivity contribution in [2.45, 2.75) is 22.3 Å². The van der Waals surface area contributed by atoms with Gasteiger partial charge in [-0.3, -0.25) is 14.9 Å². The fourth-order valence-corrected chi connectivity index (χ4v) is 3.74. The summed E-state index contributed by atoms with van der Waals surface area (Å²) in [6, 6.07) is 11.8. The molecule has 144 valence electrons. The summed E-state index contributed by atoms with van der Waals surface area (Å²) in [5.41, 5.74) is -0.478. The van der Waals surface area contributed by atoms with Gasteiger partial charge in [0.25, 0.3) is 5.69 Å². The van der Waals surface area contributed by atoms with Crippen LogP contribution in [0.2, 0.25) is 0 Å². The van der Waals surface area contributed by atoms with Crippen molar-refractivity contribution in [3.05, 3.63) is 58.6 Å². The predicted molar refractivity (Wildman–Crippen MR) is 101 cm³/mol. The van der Waals surface area contributed by atoms with E-state index in [-0.39, 0.29) is 12.1 Å². The minimum atomic E-state index is -4.10. The standard InChI is InChI=1S/C16H17N3O6S2/c17-27(24,25)13-6-7-14(15(9-13)19(22)23)18-11(8-16(20)21)10-26-12-4-2-1-3-5-12/h1-7,9,11,18H,8,10H2,(H,20,21)(H2,17,24,25)/t11-/m0/s1. The van der Waals surface area contributed by atoms with Crippen molar-refractivity contribution in [3.8, 4) is 0 Å². The molecular formula is C16H17N3O6S2. The van der Waals surface area contributed by atoms with Gasteiger partial charge >= 0.3 is 5.97 Å². The molecule has 9 nitrogen and oxygen atoms in total. The van der Waals surface area contributed by atoms with E-state index < -0.39 is 37.5 Å². The van der Waals surface area contributed by atoms with Gasteiger partial charge in [-0.2, -0.15) is 0 Å². The number of nitrogens with two attached hydrogens (primary N) is 1. The van der Waals surface area contributed by atoms with Gasteiger partial charge in [0.2, 0.25) is 10.0 Å². The highest BCUT2D eigenvalue weighted by molar-refractivity contribution is 7.99. The number of nitrogens with zero attached hydrogens (tertiary/aromatic N) is 1. The van der Waals surface area contributed by atoms with Gasteiger partial charge in [-0.15, -0.1) is 11.8 Å². The van der Waals surface area contributed by atoms with Crippen LogP contribution >= 0.6 is 11.8 Å². The summed E-state index contributed by atoms with van der Waals surface area (Å²) in [5.74, 6) is -0.727. The monoisotopic (exact) mass is 411 g/mol. The number of nitrogens with one attached hydrogen (secondary N) is 1. The van der Waals surface area contributed by atoms with E-state index in [2.05, 4.69) is 5.32 Å². The highest BCUT2D eigenvalue weighted by atomic mass is 32.2. The van der Waals surface area contributed by atoms with E-state index in [1.165, 1.54) is 17.8 Å². The summed E-state index contributed by atoms with van der Waals surface area (Å²) < 4.78 is 22.8. The molecule has 27 heavy (non-hydrogen) atoms. The van der Waals surface area contributed by atoms with Gasteiger partial charge in [0.15, 0.2) is 0 Å². The lowest BCUT2D eigenvalue weighted by atomic mass is 10.2. The third-order valence-corrected chi connectivity index (χ3v) is 5.55. The number of nitro groups is 1. The summed E-state index contributed by atoms with van der Waals surface area (Å²) in [4.78, 5) is 22.2. The van der Waals surface area contributed by atoms with E-state index in [1.807, 2.05) is 30.3 Å². The average molecular weight is 411 g/mol. The largest absolute Gasteiger partial charge is 0.481 e. The van der Waals surface area contributed by atoms with Crippen molar-refractivity contribution in [2.75, 3.05) is 11.1 Å². The predicted octanol–water partition coefficient (Wildman–Crippen LogP) is 2.29. The zero-order chi connectivity index (χ0) is 20.0. The molecule has 0 heterocycles. The zero-order valence-electron chi connectivity index (χ0n) is 13.9. The molecule has 11 heteroatoms. The number of carboxylic acids is 1. The molecule has 0 bridgehead atoms. The van der Waals surface area contributed by atoms with Crippen LogP contribution in [0.1, 0.15) is 6.42 Å². The molecule has 0 saturated carbocycles. The Morgan fingerprint density at radius 3 is 2.48 bits per heavy atom. The summed E-state index contributed by atoms with van der Waals surface area (Å²) in [7, 11) is -4.10. The van der Waals surface area contributed by atoms with Crippen molar-refractivity contribution in [2.24, 2.45) is 5.14 Å². The van der Waals surface area contributed by atoms with Crippen LogP contribution in [0.4, 0.5) is 11.4 Å². The van der Waals surface area contributed by atoms with Crippen molar-refractivity contribution in [1.82, 2.24) is 0 Å². The SMILES string of the molecule is NS(=O)(=O)c1ccc(N[C@H](CSc2ccccc2)CC(=O)O)c([N+](=O)[O-])c1. The smallest absolute Gasteiger partial charge is 0.305 e. The lowest BCUT2D eigenvalue weighted by Gasteiger charge is -2.18. The maximum Gasteiger partial charge on any atom is 0.305 e. The molecule has 0 saturated heterocycles. The van der Waals surface area contributed by atoms with Crippen LogP contribution in [-0.2, 0) is 14.8 Å². The number of hydrogen-bond donors (Lipinski definition) is 3. The second-order valence-corrected chi connectivity index (χ2v) is 8.20. The molecule has 0 unspecified atom stereocenters. The number of aliphatic carboxylic acids is 1. The highest BCUT2D eigenvalue weighted by Crippen LogP contribution is 2.29. The topological polar surface area (TPSA) is 153 Å². The Morgan fingerprint density at radius 2 is 1.93 bits per heavy atom. The Labute approximate surface area is 159 Å². The number of primary sulfonamides is 1. The van der Waals surface area contributed by atoms with Crippen molar-refractivity contribution in [3.63, 3.8) is 0 Å². The van der Waals surface area contributed by atoms with Gasteiger partial charge in [0, 0.05) is 22.8 Å². The Hall–Kier alpha value is -2.63. The molecule has 4 N–H and O–H groups in total. The van der Waals surface area contributed by atoms with Crippen LogP contribution < -0.4 is 10.5 Å². The summed E-state index contributed by atoms with van der Waals surface area (Å²) in [6.45, 7) is 0. The van der Waals surface area contributed by atoms with Crippen LogP contribution in [0, 0.1) is 10.1 Å². The van der Waals surface area contributed by atoms with Gasteiger partial charge in [0.1, 0.15) is 5.69 Å². The number of nitro benzene ring substituents is 1. The molecular weight excluding hydrogens is 394 g/mol. The molecule has 0 aliphatic rings. The first-order chi connectivity index (χ1) is 12.7. The minimum absolute atomic E-state index is 0.0207. The first-order valence-corrected chi connectivity index (χ1v) is 10.2. The van der Waals surface area contributed by atoms with E-state index in [4.69, 9.17) is 10.2 Å². The second-order valence-electron chi connectivity index (χ2n) is 5.54. The fourth-order valence-electron chi connectivity index (χ4n) is 2.26. The molecule has 1 atom stereocenters. The number of carbonyl (C=O) groups is 1. The van der Waals surface area contributed by atoms with E-state index in [9.17, 15) is 23.3 Å². The summed E-state index contributed by atoms with van der Waals surface area (Å²) in [6.07, 6.45) is -0.270. The average Bonchev–Trinajstić information content (AvgIpc) is 2.59. The van der Waals surface area contributed by atoms with Crippen LogP contribution in [0.3, 0.4) is 0 Å². The molecule has 2 rings (SSSR count). The van der Waals surface area contributed by atoms with Gasteiger partial charge in [-0.25, -0.2) is 13.6 Å². The number of anilines is 1. The van der Waals surface area contributed by atoms with Crippen LogP contribution in [0.15, 0.2) is 58.3 Å². The Balaban J connectivity index is 2.25. The highest BCUT2D eigenvalue weighted by Gasteiger charge is 2.22. The van der Waals surface area contributed by atoms with E-state index >= 15 is 0 Å². The lowest BCUT2D eigenvalue weighted by Crippen LogP contribution is -2.26. The first kappa shape index (κ1) is 20.7. The third-order valence-electron chi connectivity index (χ3n) is 3.47. The van der Waals surface area contributed by atoms with Gasteiger partial charge < -0.3 is 10.4 Å². The van der Waals surface area contributed by atoms with E-state index in [0.717, 1.165) is 17.0 Å². The number of hydrogen-bond acceptors (Lipinski definition) is 7. The lowest BCUT2D eigenvalue weighted by molar-refractivity contribution is -0.384. The number of thioether (sulfide) groups is 1. The fraction of sp³-hybridized carbons (Fsp3) is 0.188.